The molecule has 0 saturated heterocycles. The molecule has 0 spiro atoms. The summed E-state index contributed by atoms with van der Waals surface area (Å²) in [6.07, 6.45) is 0. The minimum atomic E-state index is -0.738. The van der Waals surface area contributed by atoms with Crippen LogP contribution in [0, 0.1) is 0 Å². The molecule has 0 bridgehead atoms. The Morgan fingerprint density at radius 3 is 1.63 bits per heavy atom. The van der Waals surface area contributed by atoms with Gasteiger partial charge < -0.3 is 4.42 Å². The Bertz CT molecular complexity index is 3750. The van der Waals surface area contributed by atoms with E-state index >= 15 is 0 Å². The number of furan rings is 1. The molecule has 1 heterocycles. The first kappa shape index (κ1) is 15.6. The van der Waals surface area contributed by atoms with Crippen LogP contribution in [0.25, 0.3) is 98.8 Å². The van der Waals surface area contributed by atoms with Gasteiger partial charge in [0.25, 0.3) is 0 Å². The third-order valence-electron chi connectivity index (χ3n) is 8.84. The second-order valence-electron chi connectivity index (χ2n) is 11.5. The van der Waals surface area contributed by atoms with Gasteiger partial charge in [-0.05, 0) is 54.4 Å². The van der Waals surface area contributed by atoms with Crippen LogP contribution in [0.2, 0.25) is 0 Å². The zero-order chi connectivity index (χ0) is 47.1. The average Bonchev–Trinajstić information content (AvgIpc) is 3.71. The maximum atomic E-state index is 9.66. The summed E-state index contributed by atoms with van der Waals surface area (Å²) in [6.45, 7) is 0. The lowest BCUT2D eigenvalue weighted by atomic mass is 9.84. The molecule has 0 atom stereocenters. The molecule has 0 radical (unpaired) electrons. The van der Waals surface area contributed by atoms with Crippen molar-refractivity contribution in [2.75, 3.05) is 0 Å². The van der Waals surface area contributed by atoms with Crippen LogP contribution in [0.15, 0.2) is 186 Å². The van der Waals surface area contributed by atoms with Crippen molar-refractivity contribution >= 4 is 54.1 Å². The van der Waals surface area contributed by atoms with Crippen LogP contribution in [0.1, 0.15) is 23.3 Å². The summed E-state index contributed by atoms with van der Waals surface area (Å²) in [4.78, 5) is 0. The molecular weight excluding hydrogens is 593 g/mol. The van der Waals surface area contributed by atoms with E-state index in [4.69, 9.17) is 18.1 Å². The molecule has 0 aliphatic carbocycles. The van der Waals surface area contributed by atoms with E-state index in [-0.39, 0.29) is 71.3 Å². The van der Waals surface area contributed by atoms with Crippen molar-refractivity contribution in [3.8, 4) is 44.7 Å². The predicted octanol–water partition coefficient (Wildman–Crippen LogP) is 13.7. The van der Waals surface area contributed by atoms with Crippen LogP contribution in [0.4, 0.5) is 0 Å². The molecular formula is C48H30O. The van der Waals surface area contributed by atoms with Crippen LogP contribution in [0.5, 0.6) is 0 Å². The van der Waals surface area contributed by atoms with Gasteiger partial charge in [0.05, 0.1) is 23.3 Å². The molecule has 228 valence electrons. The first-order valence-electron chi connectivity index (χ1n) is 24.0. The molecule has 0 saturated carbocycles. The molecule has 9 aromatic carbocycles. The minimum Gasteiger partial charge on any atom is -0.455 e. The quantitative estimate of drug-likeness (QED) is 0.138. The average molecular weight is 640 g/mol. The Morgan fingerprint density at radius 1 is 0.367 bits per heavy atom. The number of rotatable bonds is 4. The highest BCUT2D eigenvalue weighted by Gasteiger charge is 2.26. The topological polar surface area (TPSA) is 13.1 Å². The van der Waals surface area contributed by atoms with E-state index in [0.717, 1.165) is 0 Å². The van der Waals surface area contributed by atoms with E-state index in [1.165, 1.54) is 0 Å². The van der Waals surface area contributed by atoms with Crippen molar-refractivity contribution in [1.82, 2.24) is 0 Å². The number of benzene rings is 9. The van der Waals surface area contributed by atoms with E-state index in [9.17, 15) is 9.60 Å². The second kappa shape index (κ2) is 11.1. The van der Waals surface area contributed by atoms with Gasteiger partial charge in [-0.25, -0.2) is 0 Å². The third-order valence-corrected chi connectivity index (χ3v) is 8.84. The Balaban J connectivity index is 1.59. The van der Waals surface area contributed by atoms with Gasteiger partial charge in [-0.15, -0.1) is 0 Å². The zero-order valence-corrected chi connectivity index (χ0v) is 25.4. The monoisotopic (exact) mass is 639 g/mol. The van der Waals surface area contributed by atoms with Gasteiger partial charge in [0.1, 0.15) is 11.3 Å². The number of hydrogen-bond donors (Lipinski definition) is 0. The molecule has 0 unspecified atom stereocenters. The number of hydrogen-bond acceptors (Lipinski definition) is 1. The van der Waals surface area contributed by atoms with Gasteiger partial charge in [-0.2, -0.15) is 0 Å². The first-order chi connectivity index (χ1) is 31.4. The Labute approximate surface area is 308 Å². The summed E-state index contributed by atoms with van der Waals surface area (Å²) in [5.74, 6) is -0.336. The largest absolute Gasteiger partial charge is 0.455 e. The second-order valence-corrected chi connectivity index (χ2v) is 11.5. The Hall–Kier alpha value is -6.44. The summed E-state index contributed by atoms with van der Waals surface area (Å²) in [5, 5.41) is -1.82. The predicted molar refractivity (Wildman–Crippen MR) is 208 cm³/mol. The highest BCUT2D eigenvalue weighted by molar-refractivity contribution is 6.26. The summed E-state index contributed by atoms with van der Waals surface area (Å²) in [6, 6.07) is 11.4. The van der Waals surface area contributed by atoms with E-state index in [1.54, 1.807) is 78.9 Å². The van der Waals surface area contributed by atoms with Crippen LogP contribution >= 0.6 is 0 Å². The standard InChI is InChI=1S/C48H30O/c1-3-15-31(16-4-1)36-26-14-28-42-46(48(49-47(36)42)41-27-13-20-34-30-29-32-17-7-8-21-35(32)43(34)41)45-39-24-11-9-22-37(39)44(33-18-5-2-6-19-33)38-23-10-12-25-40(38)45/h1-30H/i7D,8D,9D,10D,11D,12D,13D,17D,20D,21D,22D,23D,24D,25D,27D,29D,30D. The highest BCUT2D eigenvalue weighted by atomic mass is 16.3. The van der Waals surface area contributed by atoms with Crippen LogP contribution < -0.4 is 0 Å². The molecule has 1 aromatic heterocycles. The van der Waals surface area contributed by atoms with Gasteiger partial charge in [0.2, 0.25) is 0 Å². The normalized spacial score (nSPS) is 16.5. The fraction of sp³-hybridized carbons (Fsp3) is 0. The maximum Gasteiger partial charge on any atom is 0.143 e. The van der Waals surface area contributed by atoms with Crippen LogP contribution in [-0.4, -0.2) is 0 Å². The van der Waals surface area contributed by atoms with Crippen LogP contribution in [0.3, 0.4) is 0 Å². The first-order valence-corrected chi connectivity index (χ1v) is 15.5. The van der Waals surface area contributed by atoms with E-state index in [0.29, 0.717) is 16.7 Å². The molecule has 49 heavy (non-hydrogen) atoms. The highest BCUT2D eigenvalue weighted by Crippen LogP contribution is 2.52. The number of para-hydroxylation sites is 1. The Morgan fingerprint density at radius 2 is 0.939 bits per heavy atom. The Kier molecular flexibility index (Phi) is 3.54. The van der Waals surface area contributed by atoms with Gasteiger partial charge >= 0.3 is 0 Å². The van der Waals surface area contributed by atoms with Crippen molar-refractivity contribution < 1.29 is 27.7 Å². The fourth-order valence-corrected chi connectivity index (χ4v) is 6.80. The lowest BCUT2D eigenvalue weighted by Crippen LogP contribution is -1.92. The van der Waals surface area contributed by atoms with Crippen molar-refractivity contribution in [2.24, 2.45) is 0 Å². The van der Waals surface area contributed by atoms with Crippen molar-refractivity contribution in [3.05, 3.63) is 182 Å². The minimum absolute atomic E-state index is 0.0742. The zero-order valence-electron chi connectivity index (χ0n) is 42.4. The molecule has 0 fully saturated rings. The fourth-order valence-electron chi connectivity index (χ4n) is 6.80. The molecule has 10 rings (SSSR count). The molecule has 10 aromatic rings. The van der Waals surface area contributed by atoms with Crippen LogP contribution in [-0.2, 0) is 0 Å². The summed E-state index contributed by atoms with van der Waals surface area (Å²) < 4.78 is 162. The van der Waals surface area contributed by atoms with E-state index in [2.05, 4.69) is 0 Å². The van der Waals surface area contributed by atoms with Gasteiger partial charge in [-0.3, -0.25) is 0 Å². The van der Waals surface area contributed by atoms with Gasteiger partial charge in [0, 0.05) is 33.0 Å². The smallest absolute Gasteiger partial charge is 0.143 e. The molecule has 1 heteroatoms. The SMILES string of the molecule is [2H]c1c([2H])c([2H])c2c(-c3c(-c4c([2H])c([2H])c([2H])c5c([2H])c([2H])c6c([2H])c([2H])c([2H])c([2H])c6c45)oc4c(-c5ccccc5)cccc34)c3c([2H])c([2H])c([2H])c([2H])c3c(-c3ccccc3)c2c1[2H]. The maximum absolute atomic E-state index is 9.66. The lowest BCUT2D eigenvalue weighted by molar-refractivity contribution is 0.634. The molecule has 0 N–H and O–H groups in total. The third kappa shape index (κ3) is 4.26. The van der Waals surface area contributed by atoms with Crippen molar-refractivity contribution in [2.45, 2.75) is 0 Å². The summed E-state index contributed by atoms with van der Waals surface area (Å²) in [7, 11) is 0. The lowest BCUT2D eigenvalue weighted by Gasteiger charge is -2.18. The van der Waals surface area contributed by atoms with Crippen molar-refractivity contribution in [3.63, 3.8) is 0 Å². The van der Waals surface area contributed by atoms with Gasteiger partial charge in [0.15, 0.2) is 0 Å². The molecule has 0 aliphatic heterocycles. The van der Waals surface area contributed by atoms with E-state index < -0.39 is 113 Å². The molecule has 0 amide bonds. The van der Waals surface area contributed by atoms with E-state index in [1.807, 2.05) is 0 Å². The summed E-state index contributed by atoms with van der Waals surface area (Å²) in [5.41, 5.74) is 1.08. The number of fused-ring (bicyclic) bond motifs is 6. The van der Waals surface area contributed by atoms with Gasteiger partial charge in [-0.1, -0.05) is 182 Å². The molecule has 1 nitrogen and oxygen atoms in total. The summed E-state index contributed by atoms with van der Waals surface area (Å²) >= 11 is 0. The molecule has 0 aliphatic rings. The van der Waals surface area contributed by atoms with Crippen molar-refractivity contribution in [1.29, 1.82) is 0 Å².